The lowest BCUT2D eigenvalue weighted by atomic mass is 9.95. The molecule has 0 saturated heterocycles. The fraction of sp³-hybridized carbons (Fsp3) is 0.562. The Morgan fingerprint density at radius 2 is 1.84 bits per heavy atom. The van der Waals surface area contributed by atoms with Crippen LogP contribution in [0.25, 0.3) is 0 Å². The van der Waals surface area contributed by atoms with Crippen LogP contribution in [0.15, 0.2) is 30.3 Å². The van der Waals surface area contributed by atoms with Crippen LogP contribution in [0.1, 0.15) is 44.1 Å². The Morgan fingerprint density at radius 1 is 1.16 bits per heavy atom. The Morgan fingerprint density at radius 3 is 2.53 bits per heavy atom. The van der Waals surface area contributed by atoms with E-state index in [1.54, 1.807) is 0 Å². The molecule has 1 aromatic carbocycles. The Labute approximate surface area is 124 Å². The molecule has 0 radical (unpaired) electrons. The molecule has 0 aromatic heterocycles. The van der Waals surface area contributed by atoms with E-state index >= 15 is 0 Å². The topological polar surface area (TPSA) is 29.1 Å². The third-order valence-corrected chi connectivity index (χ3v) is 4.65. The van der Waals surface area contributed by atoms with Gasteiger partial charge in [0.15, 0.2) is 0 Å². The molecule has 2 nitrogen and oxygen atoms in total. The highest BCUT2D eigenvalue weighted by Crippen LogP contribution is 2.24. The predicted octanol–water partition coefficient (Wildman–Crippen LogP) is 3.83. The molecule has 1 fully saturated rings. The minimum absolute atomic E-state index is 0.217. The van der Waals surface area contributed by atoms with Crippen LogP contribution >= 0.6 is 15.9 Å². The van der Waals surface area contributed by atoms with E-state index < -0.39 is 0 Å². The number of alkyl halides is 1. The summed E-state index contributed by atoms with van der Waals surface area (Å²) in [5, 5.41) is 3.17. The zero-order valence-electron chi connectivity index (χ0n) is 11.3. The summed E-state index contributed by atoms with van der Waals surface area (Å²) in [5.74, 6) is 0.217. The number of benzene rings is 1. The molecule has 1 aliphatic carbocycles. The summed E-state index contributed by atoms with van der Waals surface area (Å²) >= 11 is 3.64. The molecule has 0 heterocycles. The van der Waals surface area contributed by atoms with Gasteiger partial charge in [-0.1, -0.05) is 46.3 Å². The maximum absolute atomic E-state index is 11.9. The van der Waals surface area contributed by atoms with Gasteiger partial charge in [0.25, 0.3) is 0 Å². The maximum atomic E-state index is 11.9. The zero-order valence-corrected chi connectivity index (χ0v) is 12.9. The Kier molecular flexibility index (Phi) is 5.90. The smallest absolute Gasteiger partial charge is 0.220 e. The van der Waals surface area contributed by atoms with Crippen LogP contribution in [0, 0.1) is 0 Å². The number of rotatable bonds is 5. The summed E-state index contributed by atoms with van der Waals surface area (Å²) in [4.78, 5) is 12.5. The molecule has 104 valence electrons. The maximum Gasteiger partial charge on any atom is 0.220 e. The monoisotopic (exact) mass is 323 g/mol. The first-order chi connectivity index (χ1) is 9.24. The second-order valence-electron chi connectivity index (χ2n) is 5.36. The van der Waals surface area contributed by atoms with Crippen LogP contribution in [-0.2, 0) is 11.2 Å². The van der Waals surface area contributed by atoms with Crippen molar-refractivity contribution in [3.05, 3.63) is 35.9 Å². The SMILES string of the molecule is O=C(CCCc1ccccc1)NC1CCC(Br)CC1. The molecular weight excluding hydrogens is 302 g/mol. The van der Waals surface area contributed by atoms with Gasteiger partial charge in [0.1, 0.15) is 0 Å². The van der Waals surface area contributed by atoms with E-state index in [-0.39, 0.29) is 5.91 Å². The quantitative estimate of drug-likeness (QED) is 0.820. The summed E-state index contributed by atoms with van der Waals surface area (Å²) in [7, 11) is 0. The third-order valence-electron chi connectivity index (χ3n) is 3.73. The van der Waals surface area contributed by atoms with Crippen LogP contribution in [-0.4, -0.2) is 16.8 Å². The normalized spacial score (nSPS) is 23.0. The zero-order chi connectivity index (χ0) is 13.5. The Balaban J connectivity index is 1.62. The lowest BCUT2D eigenvalue weighted by Gasteiger charge is -2.26. The first-order valence-corrected chi connectivity index (χ1v) is 8.13. The van der Waals surface area contributed by atoms with Gasteiger partial charge in [-0.05, 0) is 44.1 Å². The van der Waals surface area contributed by atoms with Gasteiger partial charge >= 0.3 is 0 Å². The van der Waals surface area contributed by atoms with Crippen molar-refractivity contribution >= 4 is 21.8 Å². The van der Waals surface area contributed by atoms with Gasteiger partial charge in [-0.2, -0.15) is 0 Å². The number of hydrogen-bond acceptors (Lipinski definition) is 1. The number of halogens is 1. The van der Waals surface area contributed by atoms with Crippen LogP contribution in [0.4, 0.5) is 0 Å². The fourth-order valence-corrected chi connectivity index (χ4v) is 3.12. The third kappa shape index (κ3) is 5.35. The van der Waals surface area contributed by atoms with Crippen molar-refractivity contribution in [2.75, 3.05) is 0 Å². The van der Waals surface area contributed by atoms with Crippen molar-refractivity contribution in [3.63, 3.8) is 0 Å². The highest BCUT2D eigenvalue weighted by molar-refractivity contribution is 9.09. The summed E-state index contributed by atoms with van der Waals surface area (Å²) in [6.07, 6.45) is 7.14. The van der Waals surface area contributed by atoms with Crippen LogP contribution in [0.2, 0.25) is 0 Å². The van der Waals surface area contributed by atoms with Crippen molar-refractivity contribution in [1.82, 2.24) is 5.32 Å². The highest BCUT2D eigenvalue weighted by atomic mass is 79.9. The molecule has 3 heteroatoms. The van der Waals surface area contributed by atoms with E-state index in [0.717, 1.165) is 25.7 Å². The fourth-order valence-electron chi connectivity index (χ4n) is 2.59. The Hall–Kier alpha value is -0.830. The second kappa shape index (κ2) is 7.68. The van der Waals surface area contributed by atoms with E-state index in [0.29, 0.717) is 17.3 Å². The molecule has 1 amide bonds. The minimum Gasteiger partial charge on any atom is -0.353 e. The molecule has 0 unspecified atom stereocenters. The summed E-state index contributed by atoms with van der Waals surface area (Å²) in [6, 6.07) is 10.8. The van der Waals surface area contributed by atoms with Crippen molar-refractivity contribution in [3.8, 4) is 0 Å². The molecule has 0 spiro atoms. The van der Waals surface area contributed by atoms with Crippen LogP contribution in [0.3, 0.4) is 0 Å². The van der Waals surface area contributed by atoms with Crippen LogP contribution in [0.5, 0.6) is 0 Å². The average Bonchev–Trinajstić information content (AvgIpc) is 2.43. The van der Waals surface area contributed by atoms with Gasteiger partial charge in [0.2, 0.25) is 5.91 Å². The van der Waals surface area contributed by atoms with Gasteiger partial charge in [-0.15, -0.1) is 0 Å². The number of amides is 1. The first kappa shape index (κ1) is 14.6. The molecule has 0 aliphatic heterocycles. The standard InChI is InChI=1S/C16H22BrNO/c17-14-9-11-15(12-10-14)18-16(19)8-4-7-13-5-2-1-3-6-13/h1-3,5-6,14-15H,4,7-12H2,(H,18,19). The molecule has 1 aromatic rings. The summed E-state index contributed by atoms with van der Waals surface area (Å²) in [5.41, 5.74) is 1.31. The molecule has 1 saturated carbocycles. The van der Waals surface area contributed by atoms with Gasteiger partial charge in [-0.3, -0.25) is 4.79 Å². The molecule has 19 heavy (non-hydrogen) atoms. The van der Waals surface area contributed by atoms with Gasteiger partial charge < -0.3 is 5.32 Å². The van der Waals surface area contributed by atoms with Crippen molar-refractivity contribution in [1.29, 1.82) is 0 Å². The second-order valence-corrected chi connectivity index (χ2v) is 6.65. The van der Waals surface area contributed by atoms with E-state index in [4.69, 9.17) is 0 Å². The molecule has 1 aliphatic rings. The summed E-state index contributed by atoms with van der Waals surface area (Å²) < 4.78 is 0. The summed E-state index contributed by atoms with van der Waals surface area (Å²) in [6.45, 7) is 0. The van der Waals surface area contributed by atoms with E-state index in [1.165, 1.54) is 18.4 Å². The number of hydrogen-bond donors (Lipinski definition) is 1. The molecule has 0 atom stereocenters. The van der Waals surface area contributed by atoms with Crippen molar-refractivity contribution in [2.45, 2.75) is 55.8 Å². The molecule has 2 rings (SSSR count). The van der Waals surface area contributed by atoms with Gasteiger partial charge in [-0.25, -0.2) is 0 Å². The Bertz CT molecular complexity index is 385. The van der Waals surface area contributed by atoms with E-state index in [9.17, 15) is 4.79 Å². The largest absolute Gasteiger partial charge is 0.353 e. The van der Waals surface area contributed by atoms with Crippen LogP contribution < -0.4 is 5.32 Å². The van der Waals surface area contributed by atoms with Crippen molar-refractivity contribution in [2.24, 2.45) is 0 Å². The lowest BCUT2D eigenvalue weighted by Crippen LogP contribution is -2.37. The van der Waals surface area contributed by atoms with E-state index in [2.05, 4.69) is 33.4 Å². The highest BCUT2D eigenvalue weighted by Gasteiger charge is 2.20. The molecule has 1 N–H and O–H groups in total. The number of aryl methyl sites for hydroxylation is 1. The first-order valence-electron chi connectivity index (χ1n) is 7.21. The van der Waals surface area contributed by atoms with Gasteiger partial charge in [0, 0.05) is 17.3 Å². The number of carbonyl (C=O) groups excluding carboxylic acids is 1. The lowest BCUT2D eigenvalue weighted by molar-refractivity contribution is -0.122. The number of carbonyl (C=O) groups is 1. The van der Waals surface area contributed by atoms with Gasteiger partial charge in [0.05, 0.1) is 0 Å². The molecular formula is C16H22BrNO. The average molecular weight is 324 g/mol. The minimum atomic E-state index is 0.217. The predicted molar refractivity (Wildman–Crippen MR) is 82.5 cm³/mol. The number of nitrogens with one attached hydrogen (secondary N) is 1. The van der Waals surface area contributed by atoms with Crippen molar-refractivity contribution < 1.29 is 4.79 Å². The molecule has 0 bridgehead atoms. The van der Waals surface area contributed by atoms with E-state index in [1.807, 2.05) is 18.2 Å².